The van der Waals surface area contributed by atoms with Gasteiger partial charge in [-0.25, -0.2) is 0 Å². The van der Waals surface area contributed by atoms with Gasteiger partial charge in [0.2, 0.25) is 0 Å². The molecule has 5 heteroatoms. The van der Waals surface area contributed by atoms with Crippen LogP contribution in [0.3, 0.4) is 0 Å². The predicted octanol–water partition coefficient (Wildman–Crippen LogP) is 2.05. The largest absolute Gasteiger partial charge is 0.395 e. The van der Waals surface area contributed by atoms with E-state index in [0.29, 0.717) is 12.2 Å². The Morgan fingerprint density at radius 2 is 1.85 bits per heavy atom. The smallest absolute Gasteiger partial charge is 0.274 e. The molecule has 5 nitrogen and oxygen atoms in total. The fraction of sp³-hybridized carbons (Fsp3) is 0.333. The highest BCUT2D eigenvalue weighted by atomic mass is 16.1. The molecule has 0 saturated carbocycles. The van der Waals surface area contributed by atoms with Crippen molar-refractivity contribution in [2.45, 2.75) is 33.2 Å². The maximum atomic E-state index is 12.0. The Morgan fingerprint density at radius 1 is 1.20 bits per heavy atom. The number of H-pyrrole nitrogens is 1. The van der Waals surface area contributed by atoms with Crippen molar-refractivity contribution in [1.29, 1.82) is 0 Å². The Bertz CT molecular complexity index is 586. The second-order valence-corrected chi connectivity index (χ2v) is 4.67. The first kappa shape index (κ1) is 14.1. The molecule has 0 aliphatic rings. The number of hydrogen-bond donors (Lipinski definition) is 3. The quantitative estimate of drug-likeness (QED) is 0.779. The predicted molar refractivity (Wildman–Crippen MR) is 79.4 cm³/mol. The standard InChI is InChI=1S/C15H20N4O/c1-3-10-5-7-11(8-6-10)9-17-15(20)14-13(16)12(4-2)18-19-14/h5-8H,3-4,9,16H2,1-2H3,(H,17,20)(H,18,19). The van der Waals surface area contributed by atoms with Crippen molar-refractivity contribution in [2.24, 2.45) is 0 Å². The maximum Gasteiger partial charge on any atom is 0.274 e. The molecule has 0 radical (unpaired) electrons. The van der Waals surface area contributed by atoms with Crippen LogP contribution in [0.5, 0.6) is 0 Å². The number of nitrogen functional groups attached to an aromatic ring is 1. The number of nitrogens with zero attached hydrogens (tertiary/aromatic N) is 1. The van der Waals surface area contributed by atoms with E-state index in [1.54, 1.807) is 0 Å². The lowest BCUT2D eigenvalue weighted by Gasteiger charge is -2.05. The van der Waals surface area contributed by atoms with Crippen molar-refractivity contribution in [3.63, 3.8) is 0 Å². The van der Waals surface area contributed by atoms with E-state index < -0.39 is 0 Å². The molecular formula is C15H20N4O. The van der Waals surface area contributed by atoms with Gasteiger partial charge in [-0.05, 0) is 24.0 Å². The number of aryl methyl sites for hydroxylation is 2. The Labute approximate surface area is 118 Å². The molecule has 0 fully saturated rings. The van der Waals surface area contributed by atoms with E-state index in [9.17, 15) is 4.79 Å². The van der Waals surface area contributed by atoms with Crippen LogP contribution < -0.4 is 11.1 Å². The van der Waals surface area contributed by atoms with Gasteiger partial charge in [0.05, 0.1) is 11.4 Å². The van der Waals surface area contributed by atoms with Gasteiger partial charge in [-0.15, -0.1) is 0 Å². The molecule has 20 heavy (non-hydrogen) atoms. The minimum atomic E-state index is -0.252. The fourth-order valence-electron chi connectivity index (χ4n) is 1.99. The number of nitrogens with one attached hydrogen (secondary N) is 2. The zero-order valence-electron chi connectivity index (χ0n) is 11.9. The third-order valence-electron chi connectivity index (χ3n) is 3.34. The zero-order chi connectivity index (χ0) is 14.5. The lowest BCUT2D eigenvalue weighted by Crippen LogP contribution is -2.24. The van der Waals surface area contributed by atoms with Crippen LogP contribution in [0.25, 0.3) is 0 Å². The summed E-state index contributed by atoms with van der Waals surface area (Å²) in [6, 6.07) is 8.17. The fourth-order valence-corrected chi connectivity index (χ4v) is 1.99. The summed E-state index contributed by atoms with van der Waals surface area (Å²) in [5, 5.41) is 9.58. The number of hydrogen-bond acceptors (Lipinski definition) is 3. The van der Waals surface area contributed by atoms with Gasteiger partial charge >= 0.3 is 0 Å². The van der Waals surface area contributed by atoms with Crippen molar-refractivity contribution in [3.8, 4) is 0 Å². The molecule has 0 unspecified atom stereocenters. The van der Waals surface area contributed by atoms with Gasteiger partial charge in [0.1, 0.15) is 0 Å². The summed E-state index contributed by atoms with van der Waals surface area (Å²) >= 11 is 0. The highest BCUT2D eigenvalue weighted by molar-refractivity contribution is 5.97. The third kappa shape index (κ3) is 2.99. The number of carbonyl (C=O) groups is 1. The van der Waals surface area contributed by atoms with Crippen LogP contribution in [-0.4, -0.2) is 16.1 Å². The zero-order valence-corrected chi connectivity index (χ0v) is 11.9. The first-order valence-electron chi connectivity index (χ1n) is 6.84. The van der Waals surface area contributed by atoms with E-state index in [4.69, 9.17) is 5.73 Å². The molecule has 1 heterocycles. The van der Waals surface area contributed by atoms with E-state index in [2.05, 4.69) is 34.6 Å². The molecule has 0 saturated heterocycles. The van der Waals surface area contributed by atoms with Crippen LogP contribution >= 0.6 is 0 Å². The van der Waals surface area contributed by atoms with Crippen LogP contribution in [0.4, 0.5) is 5.69 Å². The van der Waals surface area contributed by atoms with Crippen LogP contribution in [0.1, 0.15) is 41.2 Å². The Hall–Kier alpha value is -2.30. The van der Waals surface area contributed by atoms with Crippen molar-refractivity contribution in [1.82, 2.24) is 15.5 Å². The van der Waals surface area contributed by atoms with Crippen molar-refractivity contribution in [2.75, 3.05) is 5.73 Å². The molecule has 2 aromatic rings. The third-order valence-corrected chi connectivity index (χ3v) is 3.34. The highest BCUT2D eigenvalue weighted by Crippen LogP contribution is 2.14. The Morgan fingerprint density at radius 3 is 2.40 bits per heavy atom. The number of amides is 1. The Kier molecular flexibility index (Phi) is 4.40. The van der Waals surface area contributed by atoms with Gasteiger partial charge in [0, 0.05) is 6.54 Å². The van der Waals surface area contributed by atoms with E-state index >= 15 is 0 Å². The molecule has 0 aliphatic heterocycles. The average molecular weight is 272 g/mol. The van der Waals surface area contributed by atoms with Crippen LogP contribution in [-0.2, 0) is 19.4 Å². The summed E-state index contributed by atoms with van der Waals surface area (Å²) in [6.45, 7) is 4.54. The topological polar surface area (TPSA) is 83.8 Å². The van der Waals surface area contributed by atoms with Gasteiger partial charge in [-0.1, -0.05) is 38.1 Å². The highest BCUT2D eigenvalue weighted by Gasteiger charge is 2.15. The number of aromatic amines is 1. The number of anilines is 1. The van der Waals surface area contributed by atoms with Gasteiger partial charge < -0.3 is 11.1 Å². The van der Waals surface area contributed by atoms with E-state index in [1.165, 1.54) is 5.56 Å². The maximum absolute atomic E-state index is 12.0. The van der Waals surface area contributed by atoms with E-state index in [-0.39, 0.29) is 11.6 Å². The molecule has 0 spiro atoms. The summed E-state index contributed by atoms with van der Waals surface area (Å²) in [5.74, 6) is -0.252. The number of nitrogens with two attached hydrogens (primary N) is 1. The Balaban J connectivity index is 1.99. The van der Waals surface area contributed by atoms with Gasteiger partial charge in [0.15, 0.2) is 5.69 Å². The summed E-state index contributed by atoms with van der Waals surface area (Å²) in [7, 11) is 0. The number of benzene rings is 1. The second kappa shape index (κ2) is 6.23. The van der Waals surface area contributed by atoms with Crippen molar-refractivity contribution >= 4 is 11.6 Å². The lowest BCUT2D eigenvalue weighted by atomic mass is 10.1. The van der Waals surface area contributed by atoms with Gasteiger partial charge in [-0.2, -0.15) is 5.10 Å². The first-order valence-corrected chi connectivity index (χ1v) is 6.84. The summed E-state index contributed by atoms with van der Waals surface area (Å²) < 4.78 is 0. The first-order chi connectivity index (χ1) is 9.65. The summed E-state index contributed by atoms with van der Waals surface area (Å²) in [4.78, 5) is 12.0. The molecule has 0 atom stereocenters. The van der Waals surface area contributed by atoms with E-state index in [1.807, 2.05) is 19.1 Å². The molecule has 0 aliphatic carbocycles. The molecule has 106 valence electrons. The van der Waals surface area contributed by atoms with Crippen LogP contribution in [0.15, 0.2) is 24.3 Å². The molecule has 1 amide bonds. The minimum absolute atomic E-state index is 0.252. The second-order valence-electron chi connectivity index (χ2n) is 4.67. The molecule has 4 N–H and O–H groups in total. The molecule has 1 aromatic heterocycles. The summed E-state index contributed by atoms with van der Waals surface area (Å²) in [5.41, 5.74) is 9.71. The SMILES string of the molecule is CCc1ccc(CNC(=O)c2n[nH]c(CC)c2N)cc1. The van der Waals surface area contributed by atoms with E-state index in [0.717, 1.165) is 24.1 Å². The summed E-state index contributed by atoms with van der Waals surface area (Å²) in [6.07, 6.45) is 1.74. The van der Waals surface area contributed by atoms with Gasteiger partial charge in [-0.3, -0.25) is 9.89 Å². The monoisotopic (exact) mass is 272 g/mol. The molecule has 0 bridgehead atoms. The number of rotatable bonds is 5. The lowest BCUT2D eigenvalue weighted by molar-refractivity contribution is 0.0947. The molecule has 2 rings (SSSR count). The number of carbonyl (C=O) groups excluding carboxylic acids is 1. The van der Waals surface area contributed by atoms with Crippen molar-refractivity contribution < 1.29 is 4.79 Å². The number of aromatic nitrogens is 2. The van der Waals surface area contributed by atoms with Crippen LogP contribution in [0.2, 0.25) is 0 Å². The molecule has 1 aromatic carbocycles. The van der Waals surface area contributed by atoms with Gasteiger partial charge in [0.25, 0.3) is 5.91 Å². The minimum Gasteiger partial charge on any atom is -0.395 e. The average Bonchev–Trinajstić information content (AvgIpc) is 2.86. The van der Waals surface area contributed by atoms with Crippen LogP contribution in [0, 0.1) is 0 Å². The normalized spacial score (nSPS) is 10.5. The van der Waals surface area contributed by atoms with Crippen molar-refractivity contribution in [3.05, 3.63) is 46.8 Å². The molecular weight excluding hydrogens is 252 g/mol.